The summed E-state index contributed by atoms with van der Waals surface area (Å²) in [4.78, 5) is 15.4. The molecule has 1 saturated heterocycles. The number of Topliss-reactive ketones (excluding diaryl/α,β-unsaturated/α-hetero) is 1. The number of piperazine rings is 1. The molecule has 2 fully saturated rings. The van der Waals surface area contributed by atoms with Gasteiger partial charge in [-0.1, -0.05) is 6.92 Å². The average Bonchev–Trinajstić information content (AvgIpc) is 2.83. The molecule has 1 saturated carbocycles. The predicted molar refractivity (Wildman–Crippen MR) is 133 cm³/mol. The van der Waals surface area contributed by atoms with Crippen LogP contribution in [0.5, 0.6) is 5.75 Å². The number of benzene rings is 1. The van der Waals surface area contributed by atoms with Gasteiger partial charge in [-0.25, -0.2) is 21.6 Å². The molecule has 0 aromatic heterocycles. The molecule has 1 heterocycles. The fraction of sp³-hybridized carbons (Fsp3) is 0.708. The van der Waals surface area contributed by atoms with Crippen LogP contribution in [-0.2, 0) is 15.8 Å². The SMILES string of the molecule is CCCS(=O)(=O)N1CCN(C2(CCC(=O)c3c(CS)cc(F)cc3OC)CCC(F)(F)CC2)CC1. The molecular formula is C24H35F3N2O4S2. The second kappa shape index (κ2) is 11.4. The highest BCUT2D eigenvalue weighted by molar-refractivity contribution is 7.89. The summed E-state index contributed by atoms with van der Waals surface area (Å²) in [5.41, 5.74) is 0.0802. The van der Waals surface area contributed by atoms with Crippen molar-refractivity contribution >= 4 is 28.4 Å². The van der Waals surface area contributed by atoms with E-state index in [9.17, 15) is 26.4 Å². The van der Waals surface area contributed by atoms with Crippen molar-refractivity contribution < 1.29 is 31.1 Å². The number of rotatable bonds is 10. The number of thiol groups is 1. The summed E-state index contributed by atoms with van der Waals surface area (Å²) in [7, 11) is -1.96. The third-order valence-electron chi connectivity index (χ3n) is 7.31. The molecule has 0 N–H and O–H groups in total. The van der Waals surface area contributed by atoms with Gasteiger partial charge in [0, 0.05) is 62.8 Å². The molecular weight excluding hydrogens is 501 g/mol. The van der Waals surface area contributed by atoms with E-state index in [2.05, 4.69) is 17.5 Å². The van der Waals surface area contributed by atoms with Crippen LogP contribution >= 0.6 is 12.6 Å². The predicted octanol–water partition coefficient (Wildman–Crippen LogP) is 4.53. The molecule has 0 amide bonds. The van der Waals surface area contributed by atoms with Crippen LogP contribution in [0.15, 0.2) is 12.1 Å². The first-order valence-corrected chi connectivity index (χ1v) is 14.3. The van der Waals surface area contributed by atoms with E-state index < -0.39 is 27.3 Å². The topological polar surface area (TPSA) is 66.9 Å². The first kappa shape index (κ1) is 28.3. The number of carbonyl (C=O) groups is 1. The van der Waals surface area contributed by atoms with Crippen LogP contribution in [0.25, 0.3) is 0 Å². The van der Waals surface area contributed by atoms with Gasteiger partial charge in [0.25, 0.3) is 0 Å². The molecule has 0 radical (unpaired) electrons. The standard InChI is InChI=1S/C24H35F3N2O4S2/c1-3-14-35(31,32)29-12-10-28(11-13-29)23(6-8-24(26,27)9-7-23)5-4-20(30)22-18(17-34)15-19(25)16-21(22)33-2/h15-16,34H,3-14,17H2,1-2H3. The molecule has 0 atom stereocenters. The van der Waals surface area contributed by atoms with Crippen LogP contribution in [0.4, 0.5) is 13.2 Å². The van der Waals surface area contributed by atoms with Crippen molar-refractivity contribution in [2.45, 2.75) is 69.1 Å². The van der Waals surface area contributed by atoms with Gasteiger partial charge in [-0.05, 0) is 37.3 Å². The summed E-state index contributed by atoms with van der Waals surface area (Å²) >= 11 is 4.22. The molecule has 11 heteroatoms. The molecule has 35 heavy (non-hydrogen) atoms. The third kappa shape index (κ3) is 6.53. The van der Waals surface area contributed by atoms with Crippen molar-refractivity contribution in [2.75, 3.05) is 39.0 Å². The smallest absolute Gasteiger partial charge is 0.248 e. The Labute approximate surface area is 211 Å². The molecule has 6 nitrogen and oxygen atoms in total. The monoisotopic (exact) mass is 536 g/mol. The van der Waals surface area contributed by atoms with Gasteiger partial charge in [0.2, 0.25) is 15.9 Å². The van der Waals surface area contributed by atoms with Gasteiger partial charge in [-0.15, -0.1) is 0 Å². The van der Waals surface area contributed by atoms with Crippen molar-refractivity contribution in [3.63, 3.8) is 0 Å². The van der Waals surface area contributed by atoms with Gasteiger partial charge in [-0.3, -0.25) is 9.69 Å². The normalized spacial score (nSPS) is 21.1. The zero-order valence-corrected chi connectivity index (χ0v) is 22.1. The van der Waals surface area contributed by atoms with E-state index in [1.807, 2.05) is 6.92 Å². The van der Waals surface area contributed by atoms with E-state index >= 15 is 0 Å². The van der Waals surface area contributed by atoms with Crippen molar-refractivity contribution in [3.8, 4) is 5.75 Å². The molecule has 0 spiro atoms. The molecule has 1 aromatic carbocycles. The number of hydrogen-bond donors (Lipinski definition) is 1. The fourth-order valence-electron chi connectivity index (χ4n) is 5.34. The van der Waals surface area contributed by atoms with Crippen molar-refractivity contribution in [2.24, 2.45) is 0 Å². The minimum atomic E-state index is -3.33. The van der Waals surface area contributed by atoms with Crippen molar-refractivity contribution in [1.29, 1.82) is 0 Å². The maximum Gasteiger partial charge on any atom is 0.248 e. The van der Waals surface area contributed by atoms with E-state index in [0.717, 1.165) is 6.07 Å². The highest BCUT2D eigenvalue weighted by atomic mass is 32.2. The van der Waals surface area contributed by atoms with Gasteiger partial charge in [0.05, 0.1) is 18.4 Å². The van der Waals surface area contributed by atoms with E-state index in [1.165, 1.54) is 17.5 Å². The number of ketones is 1. The lowest BCUT2D eigenvalue weighted by molar-refractivity contribution is -0.0891. The maximum absolute atomic E-state index is 14.1. The lowest BCUT2D eigenvalue weighted by Crippen LogP contribution is -2.60. The zero-order valence-electron chi connectivity index (χ0n) is 20.4. The minimum absolute atomic E-state index is 0.0860. The number of sulfonamides is 1. The van der Waals surface area contributed by atoms with Crippen LogP contribution in [0.3, 0.4) is 0 Å². The summed E-state index contributed by atoms with van der Waals surface area (Å²) in [5, 5.41) is 0. The van der Waals surface area contributed by atoms with Crippen LogP contribution in [0.1, 0.15) is 67.8 Å². The lowest BCUT2D eigenvalue weighted by Gasteiger charge is -2.51. The number of hydrogen-bond acceptors (Lipinski definition) is 6. The Bertz CT molecular complexity index is 977. The Hall–Kier alpha value is -1.30. The van der Waals surface area contributed by atoms with Crippen LogP contribution in [-0.4, -0.2) is 73.9 Å². The Morgan fingerprint density at radius 2 is 1.74 bits per heavy atom. The quantitative estimate of drug-likeness (QED) is 0.352. The number of nitrogens with zero attached hydrogens (tertiary/aromatic N) is 2. The van der Waals surface area contributed by atoms with Crippen LogP contribution < -0.4 is 4.74 Å². The van der Waals surface area contributed by atoms with E-state index in [-0.39, 0.29) is 60.7 Å². The number of halogens is 3. The van der Waals surface area contributed by atoms with Gasteiger partial charge in [0.15, 0.2) is 5.78 Å². The first-order valence-electron chi connectivity index (χ1n) is 12.1. The van der Waals surface area contributed by atoms with E-state index in [1.54, 1.807) is 0 Å². The van der Waals surface area contributed by atoms with Gasteiger partial charge >= 0.3 is 0 Å². The van der Waals surface area contributed by atoms with Crippen molar-refractivity contribution in [1.82, 2.24) is 9.21 Å². The van der Waals surface area contributed by atoms with Crippen LogP contribution in [0, 0.1) is 5.82 Å². The van der Waals surface area contributed by atoms with Gasteiger partial charge in [-0.2, -0.15) is 16.9 Å². The largest absolute Gasteiger partial charge is 0.496 e. The molecule has 0 bridgehead atoms. The summed E-state index contributed by atoms with van der Waals surface area (Å²) in [6.45, 7) is 3.31. The summed E-state index contributed by atoms with van der Waals surface area (Å²) in [6.07, 6.45) is 0.905. The summed E-state index contributed by atoms with van der Waals surface area (Å²) in [6, 6.07) is 2.42. The molecule has 198 valence electrons. The molecule has 0 unspecified atom stereocenters. The third-order valence-corrected chi connectivity index (χ3v) is 9.73. The Morgan fingerprint density at radius 1 is 1.11 bits per heavy atom. The Morgan fingerprint density at radius 3 is 2.29 bits per heavy atom. The first-order chi connectivity index (χ1) is 16.5. The molecule has 1 aliphatic heterocycles. The maximum atomic E-state index is 14.1. The Balaban J connectivity index is 1.79. The van der Waals surface area contributed by atoms with E-state index in [0.29, 0.717) is 44.6 Å². The van der Waals surface area contributed by atoms with Gasteiger partial charge in [0.1, 0.15) is 11.6 Å². The fourth-order valence-corrected chi connectivity index (χ4v) is 7.09. The highest BCUT2D eigenvalue weighted by Gasteiger charge is 2.47. The van der Waals surface area contributed by atoms with E-state index in [4.69, 9.17) is 4.74 Å². The zero-order chi connectivity index (χ0) is 25.9. The minimum Gasteiger partial charge on any atom is -0.496 e. The van der Waals surface area contributed by atoms with Crippen LogP contribution in [0.2, 0.25) is 0 Å². The van der Waals surface area contributed by atoms with Gasteiger partial charge < -0.3 is 4.74 Å². The molecule has 1 aliphatic carbocycles. The highest BCUT2D eigenvalue weighted by Crippen LogP contribution is 2.45. The number of carbonyl (C=O) groups excluding carboxylic acids is 1. The second-order valence-electron chi connectivity index (χ2n) is 9.51. The molecule has 2 aliphatic rings. The lowest BCUT2D eigenvalue weighted by atomic mass is 9.74. The summed E-state index contributed by atoms with van der Waals surface area (Å²) < 4.78 is 73.7. The number of methoxy groups -OCH3 is 1. The molecule has 3 rings (SSSR count). The van der Waals surface area contributed by atoms with Crippen molar-refractivity contribution in [3.05, 3.63) is 29.1 Å². The number of ether oxygens (including phenoxy) is 1. The second-order valence-corrected chi connectivity index (χ2v) is 11.9. The Kier molecular flexibility index (Phi) is 9.21. The summed E-state index contributed by atoms with van der Waals surface area (Å²) in [5.74, 6) is -3.12. The average molecular weight is 537 g/mol. The number of alkyl halides is 2. The molecule has 1 aromatic rings.